The molecule has 34 heavy (non-hydrogen) atoms. The van der Waals surface area contributed by atoms with Crippen molar-refractivity contribution in [1.82, 2.24) is 5.43 Å². The lowest BCUT2D eigenvalue weighted by atomic mass is 10.2. The molecular formula is C24H25N3O5S2. The second-order valence-electron chi connectivity index (χ2n) is 6.93. The van der Waals surface area contributed by atoms with Gasteiger partial charge in [-0.2, -0.15) is 5.10 Å². The molecule has 8 nitrogen and oxygen atoms in total. The van der Waals surface area contributed by atoms with Gasteiger partial charge >= 0.3 is 0 Å². The number of hydrogen-bond acceptors (Lipinski definition) is 7. The second-order valence-corrected chi connectivity index (χ2v) is 9.67. The summed E-state index contributed by atoms with van der Waals surface area (Å²) in [6, 6.07) is 20.2. The van der Waals surface area contributed by atoms with E-state index in [2.05, 4.69) is 10.5 Å². The molecule has 1 N–H and O–H groups in total. The van der Waals surface area contributed by atoms with E-state index < -0.39 is 22.5 Å². The van der Waals surface area contributed by atoms with Crippen molar-refractivity contribution in [2.24, 2.45) is 5.10 Å². The van der Waals surface area contributed by atoms with Gasteiger partial charge < -0.3 is 9.47 Å². The number of anilines is 1. The summed E-state index contributed by atoms with van der Waals surface area (Å²) in [7, 11) is -1.22. The van der Waals surface area contributed by atoms with E-state index in [9.17, 15) is 13.2 Å². The highest BCUT2D eigenvalue weighted by Crippen LogP contribution is 2.35. The van der Waals surface area contributed by atoms with Crippen LogP contribution in [0.5, 0.6) is 11.5 Å². The van der Waals surface area contributed by atoms with E-state index in [1.54, 1.807) is 42.1 Å². The van der Waals surface area contributed by atoms with Gasteiger partial charge in [0.05, 0.1) is 31.0 Å². The van der Waals surface area contributed by atoms with Gasteiger partial charge in [0.15, 0.2) is 0 Å². The highest BCUT2D eigenvalue weighted by Gasteiger charge is 2.29. The molecule has 0 aliphatic heterocycles. The first kappa shape index (κ1) is 25.1. The minimum Gasteiger partial charge on any atom is -0.497 e. The number of methoxy groups -OCH3 is 2. The summed E-state index contributed by atoms with van der Waals surface area (Å²) in [6.07, 6.45) is 3.47. The molecule has 0 fully saturated rings. The standard InChI is InChI=1S/C24H25N3O5S2/c1-31-19-11-14-23(32-2)22(15-19)27(34(29,30)21-7-5-4-6-8-21)17-24(28)26-25-16-18-9-12-20(33-3)13-10-18/h4-16H,17H2,1-3H3,(H,26,28)/b25-16-. The van der Waals surface area contributed by atoms with E-state index in [4.69, 9.17) is 9.47 Å². The summed E-state index contributed by atoms with van der Waals surface area (Å²) in [5.74, 6) is 0.0584. The van der Waals surface area contributed by atoms with Gasteiger partial charge in [-0.25, -0.2) is 13.8 Å². The van der Waals surface area contributed by atoms with Crippen molar-refractivity contribution in [3.05, 3.63) is 78.4 Å². The number of carbonyl (C=O) groups excluding carboxylic acids is 1. The molecule has 3 rings (SSSR count). The van der Waals surface area contributed by atoms with Crippen LogP contribution >= 0.6 is 11.8 Å². The number of carbonyl (C=O) groups is 1. The van der Waals surface area contributed by atoms with Gasteiger partial charge in [0.1, 0.15) is 18.0 Å². The molecule has 0 spiro atoms. The van der Waals surface area contributed by atoms with E-state index in [0.717, 1.165) is 14.8 Å². The van der Waals surface area contributed by atoms with Gasteiger partial charge in [0.25, 0.3) is 15.9 Å². The van der Waals surface area contributed by atoms with Crippen LogP contribution in [0.1, 0.15) is 5.56 Å². The smallest absolute Gasteiger partial charge is 0.264 e. The quantitative estimate of drug-likeness (QED) is 0.259. The molecule has 178 valence electrons. The summed E-state index contributed by atoms with van der Waals surface area (Å²) in [4.78, 5) is 13.9. The maximum absolute atomic E-state index is 13.5. The Hall–Kier alpha value is -3.50. The first-order valence-corrected chi connectivity index (χ1v) is 12.8. The lowest BCUT2D eigenvalue weighted by Crippen LogP contribution is -2.39. The number of benzene rings is 3. The maximum Gasteiger partial charge on any atom is 0.264 e. The molecule has 0 aliphatic rings. The van der Waals surface area contributed by atoms with E-state index in [0.29, 0.717) is 5.75 Å². The summed E-state index contributed by atoms with van der Waals surface area (Å²) in [5, 5.41) is 3.97. The van der Waals surface area contributed by atoms with E-state index in [-0.39, 0.29) is 16.3 Å². The lowest BCUT2D eigenvalue weighted by Gasteiger charge is -2.25. The Kier molecular flexibility index (Phi) is 8.55. The van der Waals surface area contributed by atoms with Crippen molar-refractivity contribution >= 4 is 39.6 Å². The minimum atomic E-state index is -4.11. The molecule has 0 aromatic heterocycles. The fraction of sp³-hybridized carbons (Fsp3) is 0.167. The summed E-state index contributed by atoms with van der Waals surface area (Å²) >= 11 is 1.62. The summed E-state index contributed by atoms with van der Waals surface area (Å²) < 4.78 is 38.6. The molecule has 0 radical (unpaired) electrons. The number of nitrogens with zero attached hydrogens (tertiary/aromatic N) is 2. The molecule has 3 aromatic rings. The third kappa shape index (κ3) is 6.09. The first-order valence-electron chi connectivity index (χ1n) is 10.1. The monoisotopic (exact) mass is 499 g/mol. The number of amides is 1. The Balaban J connectivity index is 1.90. The SMILES string of the molecule is COc1ccc(OC)c(N(CC(=O)N/N=C\c2ccc(SC)cc2)S(=O)(=O)c2ccccc2)c1. The van der Waals surface area contributed by atoms with Crippen molar-refractivity contribution in [1.29, 1.82) is 0 Å². The molecule has 0 heterocycles. The highest BCUT2D eigenvalue weighted by atomic mass is 32.2. The van der Waals surface area contributed by atoms with Crippen LogP contribution in [0.2, 0.25) is 0 Å². The molecule has 3 aromatic carbocycles. The van der Waals surface area contributed by atoms with Crippen molar-refractivity contribution in [2.75, 3.05) is 31.3 Å². The number of hydrogen-bond donors (Lipinski definition) is 1. The van der Waals surface area contributed by atoms with Crippen molar-refractivity contribution in [3.8, 4) is 11.5 Å². The van der Waals surface area contributed by atoms with Crippen LogP contribution < -0.4 is 19.2 Å². The molecule has 0 atom stereocenters. The van der Waals surface area contributed by atoms with Crippen LogP contribution in [-0.4, -0.2) is 47.6 Å². The van der Waals surface area contributed by atoms with Crippen LogP contribution in [-0.2, 0) is 14.8 Å². The lowest BCUT2D eigenvalue weighted by molar-refractivity contribution is -0.119. The number of hydrazone groups is 1. The fourth-order valence-electron chi connectivity index (χ4n) is 3.05. The average molecular weight is 500 g/mol. The van der Waals surface area contributed by atoms with Gasteiger partial charge in [-0.1, -0.05) is 30.3 Å². The number of sulfonamides is 1. The number of nitrogens with one attached hydrogen (secondary N) is 1. The maximum atomic E-state index is 13.5. The largest absolute Gasteiger partial charge is 0.497 e. The van der Waals surface area contributed by atoms with Gasteiger partial charge in [0, 0.05) is 11.0 Å². The number of thioether (sulfide) groups is 1. The summed E-state index contributed by atoms with van der Waals surface area (Å²) in [6.45, 7) is -0.524. The zero-order valence-electron chi connectivity index (χ0n) is 19.0. The van der Waals surface area contributed by atoms with Crippen LogP contribution in [0.15, 0.2) is 87.7 Å². The predicted molar refractivity (Wildman–Crippen MR) is 134 cm³/mol. The van der Waals surface area contributed by atoms with Crippen LogP contribution in [0.3, 0.4) is 0 Å². The molecule has 0 unspecified atom stereocenters. The predicted octanol–water partition coefficient (Wildman–Crippen LogP) is 3.77. The van der Waals surface area contributed by atoms with Crippen LogP contribution in [0.4, 0.5) is 5.69 Å². The van der Waals surface area contributed by atoms with E-state index in [1.165, 1.54) is 38.6 Å². The van der Waals surface area contributed by atoms with Gasteiger partial charge in [-0.3, -0.25) is 9.10 Å². The molecule has 0 aliphatic carbocycles. The Morgan fingerprint density at radius 1 is 1.03 bits per heavy atom. The van der Waals surface area contributed by atoms with Gasteiger partial charge in [-0.05, 0) is 48.2 Å². The molecule has 0 saturated heterocycles. The Labute approximate surface area is 203 Å². The third-order valence-corrected chi connectivity index (χ3v) is 7.31. The number of rotatable bonds is 10. The Bertz CT molecular complexity index is 1250. The zero-order valence-corrected chi connectivity index (χ0v) is 20.6. The van der Waals surface area contributed by atoms with Crippen LogP contribution in [0, 0.1) is 0 Å². The molecule has 0 bridgehead atoms. The Morgan fingerprint density at radius 3 is 2.35 bits per heavy atom. The minimum absolute atomic E-state index is 0.0325. The van der Waals surface area contributed by atoms with E-state index in [1.807, 2.05) is 30.5 Å². The fourth-order valence-corrected chi connectivity index (χ4v) is 4.90. The third-order valence-electron chi connectivity index (χ3n) is 4.79. The molecule has 0 saturated carbocycles. The number of ether oxygens (including phenoxy) is 2. The molecule has 1 amide bonds. The second kappa shape index (κ2) is 11.6. The first-order chi connectivity index (χ1) is 16.4. The van der Waals surface area contributed by atoms with Gasteiger partial charge in [-0.15, -0.1) is 11.8 Å². The van der Waals surface area contributed by atoms with Crippen molar-refractivity contribution in [2.45, 2.75) is 9.79 Å². The molecule has 10 heteroatoms. The van der Waals surface area contributed by atoms with Crippen molar-refractivity contribution < 1.29 is 22.7 Å². The topological polar surface area (TPSA) is 97.3 Å². The average Bonchev–Trinajstić information content (AvgIpc) is 2.87. The molecular weight excluding hydrogens is 474 g/mol. The van der Waals surface area contributed by atoms with Crippen LogP contribution in [0.25, 0.3) is 0 Å². The normalized spacial score (nSPS) is 11.3. The summed E-state index contributed by atoms with van der Waals surface area (Å²) in [5.41, 5.74) is 3.35. The van der Waals surface area contributed by atoms with E-state index >= 15 is 0 Å². The Morgan fingerprint density at radius 2 is 1.74 bits per heavy atom. The van der Waals surface area contributed by atoms with Gasteiger partial charge in [0.2, 0.25) is 0 Å². The highest BCUT2D eigenvalue weighted by molar-refractivity contribution is 7.98. The zero-order chi connectivity index (χ0) is 24.6. The van der Waals surface area contributed by atoms with Crippen molar-refractivity contribution in [3.63, 3.8) is 0 Å².